The Labute approximate surface area is 173 Å². The number of aromatic nitrogens is 2. The molecular formula is C19H17F3N4OS2. The fraction of sp³-hybridized carbons (Fsp3) is 0.263. The summed E-state index contributed by atoms with van der Waals surface area (Å²) >= 11 is 2.85. The number of anilines is 2. The zero-order valence-corrected chi connectivity index (χ0v) is 16.9. The molecular weight excluding hydrogens is 421 g/mol. The van der Waals surface area contributed by atoms with Crippen molar-refractivity contribution in [2.45, 2.75) is 29.6 Å². The van der Waals surface area contributed by atoms with Gasteiger partial charge in [0.25, 0.3) is 5.91 Å². The lowest BCUT2D eigenvalue weighted by molar-refractivity contribution is -0.173. The Kier molecular flexibility index (Phi) is 5.30. The number of hydrogen-bond acceptors (Lipinski definition) is 5. The summed E-state index contributed by atoms with van der Waals surface area (Å²) < 4.78 is 42.0. The average Bonchev–Trinajstić information content (AvgIpc) is 3.36. The number of amides is 1. The van der Waals surface area contributed by atoms with E-state index in [1.807, 2.05) is 23.8 Å². The van der Waals surface area contributed by atoms with Gasteiger partial charge in [-0.2, -0.15) is 18.3 Å². The van der Waals surface area contributed by atoms with Crippen LogP contribution in [0.4, 0.5) is 24.7 Å². The van der Waals surface area contributed by atoms with Crippen molar-refractivity contribution in [3.05, 3.63) is 58.4 Å². The summed E-state index contributed by atoms with van der Waals surface area (Å²) in [7, 11) is 0. The fourth-order valence-corrected chi connectivity index (χ4v) is 4.69. The first-order valence-corrected chi connectivity index (χ1v) is 10.9. The first-order chi connectivity index (χ1) is 13.9. The monoisotopic (exact) mass is 438 g/mol. The van der Waals surface area contributed by atoms with Crippen molar-refractivity contribution in [1.82, 2.24) is 9.78 Å². The molecule has 0 fully saturated rings. The molecule has 29 heavy (non-hydrogen) atoms. The number of benzene rings is 1. The predicted octanol–water partition coefficient (Wildman–Crippen LogP) is 5.58. The normalized spacial score (nSPS) is 18.8. The number of rotatable bonds is 4. The molecule has 2 N–H and O–H groups in total. The number of fused-ring (bicyclic) bond motifs is 1. The summed E-state index contributed by atoms with van der Waals surface area (Å²) in [5, 5.41) is 11.6. The SMILES string of the molecule is CSc1ccccc1NC(=O)c1cnn2c1N[C@@H](c1cccs1)C[C@H]2C(F)(F)F. The Balaban J connectivity index is 1.69. The molecule has 10 heteroatoms. The number of nitrogens with one attached hydrogen (secondary N) is 2. The summed E-state index contributed by atoms with van der Waals surface area (Å²) in [5.74, 6) is -0.427. The Bertz CT molecular complexity index is 1020. The van der Waals surface area contributed by atoms with Gasteiger partial charge in [-0.1, -0.05) is 18.2 Å². The number of hydrogen-bond donors (Lipinski definition) is 2. The van der Waals surface area contributed by atoms with E-state index in [1.54, 1.807) is 24.3 Å². The highest BCUT2D eigenvalue weighted by Crippen LogP contribution is 2.45. The Morgan fingerprint density at radius 1 is 1.31 bits per heavy atom. The van der Waals surface area contributed by atoms with Crippen molar-refractivity contribution >= 4 is 40.5 Å². The molecule has 0 unspecified atom stereocenters. The van der Waals surface area contributed by atoms with Gasteiger partial charge in [-0.15, -0.1) is 23.1 Å². The zero-order chi connectivity index (χ0) is 20.6. The van der Waals surface area contributed by atoms with Crippen LogP contribution in [0.15, 0.2) is 52.9 Å². The molecule has 0 radical (unpaired) electrons. The van der Waals surface area contributed by atoms with Gasteiger partial charge in [0, 0.05) is 16.2 Å². The molecule has 0 aliphatic carbocycles. The van der Waals surface area contributed by atoms with Gasteiger partial charge in [0.1, 0.15) is 11.4 Å². The minimum atomic E-state index is -4.47. The molecule has 3 aromatic rings. The third kappa shape index (κ3) is 3.86. The molecule has 2 aromatic heterocycles. The molecule has 0 saturated carbocycles. The average molecular weight is 439 g/mol. The lowest BCUT2D eigenvalue weighted by Crippen LogP contribution is -2.36. The van der Waals surface area contributed by atoms with Gasteiger partial charge in [0.15, 0.2) is 6.04 Å². The largest absolute Gasteiger partial charge is 0.410 e. The van der Waals surface area contributed by atoms with Gasteiger partial charge in [-0.3, -0.25) is 4.79 Å². The van der Waals surface area contributed by atoms with Gasteiger partial charge < -0.3 is 10.6 Å². The standard InChI is InChI=1S/C19H17F3N4OS2/c1-28-14-6-3-2-5-12(14)25-18(27)11-10-23-26-16(19(20,21)22)9-13(24-17(11)26)15-7-4-8-29-15/h2-8,10,13,16,24H,9H2,1H3,(H,25,27)/t13-,16+/m1/s1. The zero-order valence-electron chi connectivity index (χ0n) is 15.2. The first-order valence-electron chi connectivity index (χ1n) is 8.77. The molecule has 3 heterocycles. The van der Waals surface area contributed by atoms with Crippen LogP contribution >= 0.6 is 23.1 Å². The van der Waals surface area contributed by atoms with Gasteiger partial charge in [-0.05, 0) is 29.8 Å². The second-order valence-corrected chi connectivity index (χ2v) is 8.34. The Hall–Kier alpha value is -2.46. The maximum absolute atomic E-state index is 13.7. The van der Waals surface area contributed by atoms with Crippen molar-refractivity contribution in [3.8, 4) is 0 Å². The van der Waals surface area contributed by atoms with Gasteiger partial charge >= 0.3 is 6.18 Å². The van der Waals surface area contributed by atoms with Gasteiger partial charge in [0.05, 0.1) is 17.9 Å². The predicted molar refractivity (Wildman–Crippen MR) is 109 cm³/mol. The molecule has 1 aliphatic rings. The number of nitrogens with zero attached hydrogens (tertiary/aromatic N) is 2. The quantitative estimate of drug-likeness (QED) is 0.522. The third-order valence-corrected chi connectivity index (χ3v) is 6.51. The van der Waals surface area contributed by atoms with Crippen molar-refractivity contribution in [3.63, 3.8) is 0 Å². The van der Waals surface area contributed by atoms with E-state index in [-0.39, 0.29) is 17.8 Å². The second-order valence-electron chi connectivity index (χ2n) is 6.51. The van der Waals surface area contributed by atoms with Crippen molar-refractivity contribution in [2.75, 3.05) is 16.9 Å². The fourth-order valence-electron chi connectivity index (χ4n) is 3.34. The number of thiophene rings is 1. The van der Waals surface area contributed by atoms with Crippen molar-refractivity contribution in [2.24, 2.45) is 0 Å². The van der Waals surface area contributed by atoms with Gasteiger partial charge in [-0.25, -0.2) is 4.68 Å². The summed E-state index contributed by atoms with van der Waals surface area (Å²) in [4.78, 5) is 14.5. The number of carbonyl (C=O) groups is 1. The van der Waals surface area contributed by atoms with E-state index in [0.717, 1.165) is 14.5 Å². The summed E-state index contributed by atoms with van der Waals surface area (Å²) in [6, 6.07) is 8.48. The summed E-state index contributed by atoms with van der Waals surface area (Å²) in [6.45, 7) is 0. The third-order valence-electron chi connectivity index (χ3n) is 4.72. The van der Waals surface area contributed by atoms with Gasteiger partial charge in [0.2, 0.25) is 0 Å². The van der Waals surface area contributed by atoms with E-state index in [1.165, 1.54) is 29.3 Å². The van der Waals surface area contributed by atoms with Crippen molar-refractivity contribution < 1.29 is 18.0 Å². The highest BCUT2D eigenvalue weighted by Gasteiger charge is 2.47. The van der Waals surface area contributed by atoms with Crippen LogP contribution in [0.25, 0.3) is 0 Å². The molecule has 1 amide bonds. The highest BCUT2D eigenvalue weighted by atomic mass is 32.2. The number of carbonyl (C=O) groups excluding carboxylic acids is 1. The minimum absolute atomic E-state index is 0.0797. The number of halogens is 3. The smallest absolute Gasteiger partial charge is 0.362 e. The lowest BCUT2D eigenvalue weighted by Gasteiger charge is -2.33. The van der Waals surface area contributed by atoms with Crippen LogP contribution in [0.3, 0.4) is 0 Å². The molecule has 1 aromatic carbocycles. The minimum Gasteiger partial charge on any atom is -0.362 e. The van der Waals surface area contributed by atoms with Crippen LogP contribution in [-0.2, 0) is 0 Å². The van der Waals surface area contributed by atoms with Crippen LogP contribution < -0.4 is 10.6 Å². The number of thioether (sulfide) groups is 1. The molecule has 0 spiro atoms. The molecule has 0 saturated heterocycles. The maximum atomic E-state index is 13.7. The van der Waals surface area contributed by atoms with E-state index in [0.29, 0.717) is 5.69 Å². The van der Waals surface area contributed by atoms with Crippen LogP contribution in [0.1, 0.15) is 33.7 Å². The highest BCUT2D eigenvalue weighted by molar-refractivity contribution is 7.98. The van der Waals surface area contributed by atoms with E-state index in [9.17, 15) is 18.0 Å². The van der Waals surface area contributed by atoms with Crippen LogP contribution in [-0.4, -0.2) is 28.1 Å². The maximum Gasteiger partial charge on any atom is 0.410 e. The van der Waals surface area contributed by atoms with E-state index in [2.05, 4.69) is 15.7 Å². The van der Waals surface area contributed by atoms with E-state index < -0.39 is 24.2 Å². The van der Waals surface area contributed by atoms with Crippen LogP contribution in [0.5, 0.6) is 0 Å². The molecule has 2 atom stereocenters. The summed E-state index contributed by atoms with van der Waals surface area (Å²) in [5.41, 5.74) is 0.680. The van der Waals surface area contributed by atoms with Crippen LogP contribution in [0.2, 0.25) is 0 Å². The second kappa shape index (κ2) is 7.75. The Morgan fingerprint density at radius 2 is 2.10 bits per heavy atom. The first kappa shape index (κ1) is 19.8. The van der Waals surface area contributed by atoms with E-state index >= 15 is 0 Å². The molecule has 5 nitrogen and oxygen atoms in total. The van der Waals surface area contributed by atoms with E-state index in [4.69, 9.17) is 0 Å². The Morgan fingerprint density at radius 3 is 2.79 bits per heavy atom. The molecule has 1 aliphatic heterocycles. The molecule has 4 rings (SSSR count). The molecule has 0 bridgehead atoms. The lowest BCUT2D eigenvalue weighted by atomic mass is 10.0. The molecule has 152 valence electrons. The number of alkyl halides is 3. The topological polar surface area (TPSA) is 59.0 Å². The van der Waals surface area contributed by atoms with Crippen LogP contribution in [0, 0.1) is 0 Å². The summed E-state index contributed by atoms with van der Waals surface area (Å²) in [6.07, 6.45) is -1.59. The number of para-hydroxylation sites is 1. The van der Waals surface area contributed by atoms with Crippen molar-refractivity contribution in [1.29, 1.82) is 0 Å².